The smallest absolute Gasteiger partial charge is 0.416 e. The van der Waals surface area contributed by atoms with Crippen molar-refractivity contribution in [3.63, 3.8) is 0 Å². The summed E-state index contributed by atoms with van der Waals surface area (Å²) >= 11 is 5.48. The molecular weight excluding hydrogens is 247 g/mol. The fourth-order valence-electron chi connectivity index (χ4n) is 1.13. The van der Waals surface area contributed by atoms with Gasteiger partial charge < -0.3 is 10.8 Å². The molecule has 0 saturated heterocycles. The standard InChI is InChI=1S/C9H7ClF3NO2/c10-5-1-4(9(11,12)13)2-6(15)8(5)7(16)3-14/h1-2,15H,3,14H2. The molecule has 0 aromatic heterocycles. The summed E-state index contributed by atoms with van der Waals surface area (Å²) in [6, 6.07) is 1.01. The van der Waals surface area contributed by atoms with Crippen LogP contribution in [-0.2, 0) is 6.18 Å². The minimum Gasteiger partial charge on any atom is -0.507 e. The van der Waals surface area contributed by atoms with E-state index in [1.807, 2.05) is 0 Å². The van der Waals surface area contributed by atoms with Crippen LogP contribution in [0.5, 0.6) is 5.75 Å². The highest BCUT2D eigenvalue weighted by Crippen LogP contribution is 2.36. The number of aromatic hydroxyl groups is 1. The molecule has 16 heavy (non-hydrogen) atoms. The van der Waals surface area contributed by atoms with E-state index in [0.29, 0.717) is 12.1 Å². The van der Waals surface area contributed by atoms with E-state index in [-0.39, 0.29) is 0 Å². The largest absolute Gasteiger partial charge is 0.507 e. The third-order valence-electron chi connectivity index (χ3n) is 1.86. The lowest BCUT2D eigenvalue weighted by atomic mass is 10.1. The molecule has 0 saturated carbocycles. The maximum atomic E-state index is 12.3. The Morgan fingerprint density at radius 2 is 2.00 bits per heavy atom. The van der Waals surface area contributed by atoms with E-state index in [2.05, 4.69) is 0 Å². The van der Waals surface area contributed by atoms with E-state index in [9.17, 15) is 23.1 Å². The second-order valence-electron chi connectivity index (χ2n) is 2.98. The quantitative estimate of drug-likeness (QED) is 0.795. The summed E-state index contributed by atoms with van der Waals surface area (Å²) in [5, 5.41) is 8.81. The first-order valence-corrected chi connectivity index (χ1v) is 4.48. The zero-order valence-electron chi connectivity index (χ0n) is 7.81. The molecule has 7 heteroatoms. The van der Waals surface area contributed by atoms with E-state index in [0.717, 1.165) is 0 Å². The van der Waals surface area contributed by atoms with Gasteiger partial charge in [-0.1, -0.05) is 11.6 Å². The number of nitrogens with two attached hydrogens (primary N) is 1. The Morgan fingerprint density at radius 1 is 1.44 bits per heavy atom. The zero-order valence-corrected chi connectivity index (χ0v) is 8.56. The van der Waals surface area contributed by atoms with Gasteiger partial charge in [0.1, 0.15) is 5.75 Å². The molecular formula is C9H7ClF3NO2. The highest BCUT2D eigenvalue weighted by molar-refractivity contribution is 6.34. The van der Waals surface area contributed by atoms with Crippen molar-refractivity contribution in [1.82, 2.24) is 0 Å². The van der Waals surface area contributed by atoms with Crippen LogP contribution in [0.25, 0.3) is 0 Å². The molecule has 0 spiro atoms. The molecule has 0 amide bonds. The SMILES string of the molecule is NCC(=O)c1c(O)cc(C(F)(F)F)cc1Cl. The summed E-state index contributed by atoms with van der Waals surface area (Å²) in [7, 11) is 0. The van der Waals surface area contributed by atoms with Gasteiger partial charge in [0.2, 0.25) is 0 Å². The van der Waals surface area contributed by atoms with Gasteiger partial charge in [0.25, 0.3) is 0 Å². The number of carbonyl (C=O) groups is 1. The molecule has 0 heterocycles. The molecule has 0 aliphatic carbocycles. The van der Waals surface area contributed by atoms with E-state index < -0.39 is 40.4 Å². The van der Waals surface area contributed by atoms with E-state index in [4.69, 9.17) is 17.3 Å². The first-order valence-electron chi connectivity index (χ1n) is 4.10. The third-order valence-corrected chi connectivity index (χ3v) is 2.16. The van der Waals surface area contributed by atoms with Gasteiger partial charge in [0.05, 0.1) is 22.7 Å². The summed E-state index contributed by atoms with van der Waals surface area (Å²) in [6.07, 6.45) is -4.63. The Labute approximate surface area is 93.6 Å². The summed E-state index contributed by atoms with van der Waals surface area (Å²) in [6.45, 7) is -0.446. The predicted molar refractivity (Wildman–Crippen MR) is 51.5 cm³/mol. The third kappa shape index (κ3) is 2.45. The van der Waals surface area contributed by atoms with Gasteiger partial charge in [0.15, 0.2) is 5.78 Å². The minimum atomic E-state index is -4.63. The lowest BCUT2D eigenvalue weighted by molar-refractivity contribution is -0.137. The monoisotopic (exact) mass is 253 g/mol. The van der Waals surface area contributed by atoms with Crippen LogP contribution in [0, 0.1) is 0 Å². The fourth-order valence-corrected chi connectivity index (χ4v) is 1.45. The Balaban J connectivity index is 3.34. The number of rotatable bonds is 2. The van der Waals surface area contributed by atoms with Crippen LogP contribution in [0.2, 0.25) is 5.02 Å². The number of phenolic OH excluding ortho intramolecular Hbond substituents is 1. The number of benzene rings is 1. The van der Waals surface area contributed by atoms with Crippen molar-refractivity contribution in [3.8, 4) is 5.75 Å². The summed E-state index contributed by atoms with van der Waals surface area (Å²) in [5.74, 6) is -1.55. The number of hydrogen-bond acceptors (Lipinski definition) is 3. The van der Waals surface area contributed by atoms with Crippen molar-refractivity contribution in [3.05, 3.63) is 28.3 Å². The summed E-state index contributed by atoms with van der Waals surface area (Å²) in [4.78, 5) is 11.2. The molecule has 0 radical (unpaired) electrons. The number of phenols is 1. The molecule has 0 bridgehead atoms. The van der Waals surface area contributed by atoms with Crippen LogP contribution in [0.3, 0.4) is 0 Å². The molecule has 0 atom stereocenters. The van der Waals surface area contributed by atoms with E-state index in [1.165, 1.54) is 0 Å². The minimum absolute atomic E-state index is 0.392. The zero-order chi connectivity index (χ0) is 12.5. The van der Waals surface area contributed by atoms with E-state index >= 15 is 0 Å². The molecule has 0 aliphatic rings. The summed E-state index contributed by atoms with van der Waals surface area (Å²) < 4.78 is 36.8. The average Bonchev–Trinajstić information content (AvgIpc) is 2.14. The molecule has 1 aromatic carbocycles. The molecule has 0 aliphatic heterocycles. The second kappa shape index (κ2) is 4.31. The number of carbonyl (C=O) groups excluding carboxylic acids is 1. The van der Waals surface area contributed by atoms with Gasteiger partial charge in [-0.3, -0.25) is 4.79 Å². The number of ketones is 1. The molecule has 3 N–H and O–H groups in total. The van der Waals surface area contributed by atoms with Crippen LogP contribution in [0.15, 0.2) is 12.1 Å². The maximum Gasteiger partial charge on any atom is 0.416 e. The average molecular weight is 254 g/mol. The van der Waals surface area contributed by atoms with Crippen molar-refractivity contribution < 1.29 is 23.1 Å². The Bertz CT molecular complexity index is 408. The van der Waals surface area contributed by atoms with Crippen LogP contribution >= 0.6 is 11.6 Å². The second-order valence-corrected chi connectivity index (χ2v) is 3.38. The van der Waals surface area contributed by atoms with Gasteiger partial charge in [-0.15, -0.1) is 0 Å². The van der Waals surface area contributed by atoms with Gasteiger partial charge in [-0.05, 0) is 12.1 Å². The van der Waals surface area contributed by atoms with Gasteiger partial charge >= 0.3 is 6.18 Å². The Kier molecular flexibility index (Phi) is 3.44. The van der Waals surface area contributed by atoms with E-state index in [1.54, 1.807) is 0 Å². The molecule has 3 nitrogen and oxygen atoms in total. The Morgan fingerprint density at radius 3 is 2.38 bits per heavy atom. The topological polar surface area (TPSA) is 63.3 Å². The number of halogens is 4. The van der Waals surface area contributed by atoms with Crippen molar-refractivity contribution in [2.45, 2.75) is 6.18 Å². The van der Waals surface area contributed by atoms with Crippen molar-refractivity contribution >= 4 is 17.4 Å². The normalized spacial score (nSPS) is 11.6. The number of Topliss-reactive ketones (excluding diaryl/α,β-unsaturated/α-hetero) is 1. The van der Waals surface area contributed by atoms with Crippen LogP contribution < -0.4 is 5.73 Å². The highest BCUT2D eigenvalue weighted by Gasteiger charge is 2.32. The number of alkyl halides is 3. The molecule has 88 valence electrons. The first-order chi connectivity index (χ1) is 7.27. The van der Waals surface area contributed by atoms with Crippen molar-refractivity contribution in [2.75, 3.05) is 6.54 Å². The molecule has 0 unspecified atom stereocenters. The van der Waals surface area contributed by atoms with Gasteiger partial charge in [-0.25, -0.2) is 0 Å². The predicted octanol–water partition coefficient (Wildman–Crippen LogP) is 2.21. The van der Waals surface area contributed by atoms with Crippen LogP contribution in [0.4, 0.5) is 13.2 Å². The maximum absolute atomic E-state index is 12.3. The summed E-state index contributed by atoms with van der Waals surface area (Å²) in [5.41, 5.74) is 3.51. The van der Waals surface area contributed by atoms with Crippen molar-refractivity contribution in [1.29, 1.82) is 0 Å². The van der Waals surface area contributed by atoms with Gasteiger partial charge in [0, 0.05) is 0 Å². The molecule has 1 rings (SSSR count). The van der Waals surface area contributed by atoms with Crippen LogP contribution in [0.1, 0.15) is 15.9 Å². The fraction of sp³-hybridized carbons (Fsp3) is 0.222. The van der Waals surface area contributed by atoms with Crippen molar-refractivity contribution in [2.24, 2.45) is 5.73 Å². The molecule has 0 fully saturated rings. The first kappa shape index (κ1) is 12.8. The Hall–Kier alpha value is -1.27. The lowest BCUT2D eigenvalue weighted by Crippen LogP contribution is -2.15. The lowest BCUT2D eigenvalue weighted by Gasteiger charge is -2.10. The number of hydrogen-bond donors (Lipinski definition) is 2. The highest BCUT2D eigenvalue weighted by atomic mass is 35.5. The van der Waals surface area contributed by atoms with Gasteiger partial charge in [-0.2, -0.15) is 13.2 Å². The van der Waals surface area contributed by atoms with Crippen LogP contribution in [-0.4, -0.2) is 17.4 Å². The molecule has 1 aromatic rings.